The van der Waals surface area contributed by atoms with Gasteiger partial charge in [-0.2, -0.15) is 0 Å². The molecule has 4 heterocycles. The van der Waals surface area contributed by atoms with E-state index >= 15 is 8.78 Å². The van der Waals surface area contributed by atoms with E-state index in [1.54, 1.807) is 5.38 Å². The molecule has 3 aliphatic heterocycles. The maximum atomic E-state index is 15.6. The summed E-state index contributed by atoms with van der Waals surface area (Å²) in [5.74, 6) is -9.38. The number of ether oxygens (including phenoxy) is 2. The lowest BCUT2D eigenvalue weighted by Crippen LogP contribution is -2.67. The normalized spacial score (nSPS) is 26.2. The number of carboxylic acid groups (broad SMARTS) is 1. The third-order valence-electron chi connectivity index (χ3n) is 7.29. The summed E-state index contributed by atoms with van der Waals surface area (Å²) in [6.07, 6.45) is 0.667. The zero-order valence-corrected chi connectivity index (χ0v) is 22.4. The van der Waals surface area contributed by atoms with Gasteiger partial charge in [0.25, 0.3) is 5.92 Å². The molecule has 0 spiro atoms. The predicted molar refractivity (Wildman–Crippen MR) is 135 cm³/mol. The van der Waals surface area contributed by atoms with Crippen molar-refractivity contribution in [2.24, 2.45) is 10.9 Å². The molecule has 3 aliphatic rings. The van der Waals surface area contributed by atoms with Gasteiger partial charge < -0.3 is 19.9 Å². The highest BCUT2D eigenvalue weighted by Crippen LogP contribution is 2.45. The lowest BCUT2D eigenvalue weighted by molar-refractivity contribution is -0.219. The Kier molecular flexibility index (Phi) is 7.88. The Hall–Kier alpha value is -3.07. The summed E-state index contributed by atoms with van der Waals surface area (Å²) in [6, 6.07) is -1.31. The molecule has 2 fully saturated rings. The highest BCUT2D eigenvalue weighted by atomic mass is 35.5. The average Bonchev–Trinajstić information content (AvgIpc) is 3.45. The summed E-state index contributed by atoms with van der Waals surface area (Å²) in [7, 11) is 1.12. The number of esters is 1. The van der Waals surface area contributed by atoms with Crippen LogP contribution in [0.25, 0.3) is 0 Å². The van der Waals surface area contributed by atoms with Crippen LogP contribution in [-0.2, 0) is 19.1 Å². The quantitative estimate of drug-likeness (QED) is 0.280. The van der Waals surface area contributed by atoms with Gasteiger partial charge in [-0.3, -0.25) is 14.7 Å². The minimum absolute atomic E-state index is 0.0388. The molecule has 0 unspecified atom stereocenters. The minimum atomic E-state index is -3.41. The number of hydrogen-bond donors (Lipinski definition) is 2. The molecule has 2 aromatic rings. The monoisotopic (exact) mass is 602 g/mol. The van der Waals surface area contributed by atoms with Crippen molar-refractivity contribution < 1.29 is 41.7 Å². The van der Waals surface area contributed by atoms with Crippen molar-refractivity contribution in [2.45, 2.75) is 36.9 Å². The van der Waals surface area contributed by atoms with E-state index in [2.05, 4.69) is 15.3 Å². The van der Waals surface area contributed by atoms with Gasteiger partial charge in [-0.1, -0.05) is 17.7 Å². The number of carbonyl (C=O) groups excluding carboxylic acids is 1. The predicted octanol–water partition coefficient (Wildman–Crippen LogP) is 3.79. The van der Waals surface area contributed by atoms with Crippen molar-refractivity contribution in [1.29, 1.82) is 0 Å². The van der Waals surface area contributed by atoms with Crippen LogP contribution in [0.5, 0.6) is 0 Å². The minimum Gasteiger partial charge on any atom is -0.481 e. The van der Waals surface area contributed by atoms with Crippen molar-refractivity contribution >= 4 is 40.7 Å². The molecule has 1 aromatic carbocycles. The molecule has 4 atom stereocenters. The molecular weight excluding hydrogens is 580 g/mol. The van der Waals surface area contributed by atoms with E-state index in [9.17, 15) is 23.5 Å². The Labute approximate surface area is 234 Å². The molecule has 0 amide bonds. The number of halogens is 5. The van der Waals surface area contributed by atoms with Crippen molar-refractivity contribution in [1.82, 2.24) is 15.2 Å². The number of alkyl halides is 2. The molecule has 40 heavy (non-hydrogen) atoms. The van der Waals surface area contributed by atoms with Gasteiger partial charge >= 0.3 is 11.9 Å². The number of thiazole rings is 1. The first kappa shape index (κ1) is 28.5. The van der Waals surface area contributed by atoms with Crippen LogP contribution in [0, 0.1) is 17.6 Å². The zero-order valence-electron chi connectivity index (χ0n) is 20.9. The number of hydrogen-bond acceptors (Lipinski definition) is 9. The second-order valence-corrected chi connectivity index (χ2v) is 10.8. The Morgan fingerprint density at radius 1 is 1.32 bits per heavy atom. The number of amidine groups is 1. The van der Waals surface area contributed by atoms with Gasteiger partial charge in [0.15, 0.2) is 22.5 Å². The summed E-state index contributed by atoms with van der Waals surface area (Å²) in [5.41, 5.74) is -0.0454. The number of aromatic nitrogens is 1. The maximum absolute atomic E-state index is 15.6. The number of nitrogens with one attached hydrogen (secondary N) is 1. The van der Waals surface area contributed by atoms with Gasteiger partial charge in [0.2, 0.25) is 0 Å². The molecule has 5 rings (SSSR count). The third-order valence-corrected chi connectivity index (χ3v) is 8.45. The van der Waals surface area contributed by atoms with Crippen LogP contribution in [0.4, 0.5) is 17.6 Å². The van der Waals surface area contributed by atoms with E-state index in [4.69, 9.17) is 21.1 Å². The first-order valence-corrected chi connectivity index (χ1v) is 13.4. The van der Waals surface area contributed by atoms with E-state index in [-0.39, 0.29) is 48.8 Å². The van der Waals surface area contributed by atoms with E-state index in [0.717, 1.165) is 13.2 Å². The van der Waals surface area contributed by atoms with E-state index in [0.29, 0.717) is 5.01 Å². The van der Waals surface area contributed by atoms with Gasteiger partial charge in [0.1, 0.15) is 6.04 Å². The highest BCUT2D eigenvalue weighted by Gasteiger charge is 2.58. The highest BCUT2D eigenvalue weighted by molar-refractivity contribution is 7.11. The second kappa shape index (κ2) is 11.1. The number of carboxylic acids is 1. The summed E-state index contributed by atoms with van der Waals surface area (Å²) in [6.45, 7) is -0.512. The van der Waals surface area contributed by atoms with E-state index in [1.165, 1.54) is 28.5 Å². The van der Waals surface area contributed by atoms with Gasteiger partial charge in [-0.25, -0.2) is 27.3 Å². The van der Waals surface area contributed by atoms with Crippen LogP contribution in [0.2, 0.25) is 5.02 Å². The lowest BCUT2D eigenvalue weighted by Gasteiger charge is -2.52. The first-order chi connectivity index (χ1) is 19.0. The molecule has 15 heteroatoms. The lowest BCUT2D eigenvalue weighted by atomic mass is 9.79. The fourth-order valence-electron chi connectivity index (χ4n) is 5.40. The number of benzene rings is 1. The molecular formula is C25H23ClF4N4O5S. The van der Waals surface area contributed by atoms with E-state index < -0.39 is 65.0 Å². The standard InChI is InChI=1S/C25H23ClF4N4O5S/c1-38-24(37)18-15(8-34-12-6-11(7-17(35)36)25(29,30)16(34)10-39-9-12)32-22(23-31-4-5-40-23)33-21(18)13-2-3-14(27)20(28)19(13)26/h2-5,11-12,16,21H,6-10H2,1H3,(H,32,33)(H,35,36)/t11-,12-,16+,21-/m0/s1. The largest absolute Gasteiger partial charge is 0.481 e. The molecule has 0 saturated carbocycles. The average molecular weight is 603 g/mol. The van der Waals surface area contributed by atoms with Crippen LogP contribution in [0.15, 0.2) is 40.0 Å². The maximum Gasteiger partial charge on any atom is 0.338 e. The number of fused-ring (bicyclic) bond motifs is 2. The van der Waals surface area contributed by atoms with Gasteiger partial charge in [-0.05, 0) is 12.5 Å². The van der Waals surface area contributed by atoms with Crippen LogP contribution < -0.4 is 5.32 Å². The second-order valence-electron chi connectivity index (χ2n) is 9.58. The van der Waals surface area contributed by atoms with Gasteiger partial charge in [-0.15, -0.1) is 11.3 Å². The Balaban J connectivity index is 1.61. The van der Waals surface area contributed by atoms with Crippen LogP contribution in [-0.4, -0.2) is 77.6 Å². The topological polar surface area (TPSA) is 113 Å². The summed E-state index contributed by atoms with van der Waals surface area (Å²) in [5, 5.41) is 13.7. The van der Waals surface area contributed by atoms with Crippen molar-refractivity contribution in [3.05, 3.63) is 62.2 Å². The number of morpholine rings is 1. The molecule has 9 nitrogen and oxygen atoms in total. The third kappa shape index (κ3) is 5.08. The van der Waals surface area contributed by atoms with Crippen molar-refractivity contribution in [3.63, 3.8) is 0 Å². The van der Waals surface area contributed by atoms with Crippen LogP contribution in [0.1, 0.15) is 29.5 Å². The number of aliphatic carboxylic acids is 1. The smallest absolute Gasteiger partial charge is 0.338 e. The molecule has 2 N–H and O–H groups in total. The Morgan fingerprint density at radius 3 is 2.77 bits per heavy atom. The molecule has 2 saturated heterocycles. The Morgan fingerprint density at radius 2 is 2.10 bits per heavy atom. The van der Waals surface area contributed by atoms with Crippen LogP contribution >= 0.6 is 22.9 Å². The number of nitrogens with zero attached hydrogens (tertiary/aromatic N) is 3. The fourth-order valence-corrected chi connectivity index (χ4v) is 6.25. The molecule has 0 radical (unpaired) electrons. The summed E-state index contributed by atoms with van der Waals surface area (Å²) in [4.78, 5) is 34.7. The molecule has 214 valence electrons. The number of methoxy groups -OCH3 is 1. The van der Waals surface area contributed by atoms with Gasteiger partial charge in [0.05, 0.1) is 43.4 Å². The summed E-state index contributed by atoms with van der Waals surface area (Å²) >= 11 is 7.37. The number of carbonyl (C=O) groups is 2. The molecule has 0 aliphatic carbocycles. The SMILES string of the molecule is COC(=O)C1=C(CN2[C@@H]3COC[C@@H]2C(F)(F)[C@H](CC(=O)O)C3)NC(c2nccs2)=N[C@H]1c1ccc(F)c(F)c1Cl. The molecule has 2 bridgehead atoms. The zero-order chi connectivity index (χ0) is 28.8. The number of rotatable bonds is 7. The molecule has 1 aromatic heterocycles. The van der Waals surface area contributed by atoms with Crippen LogP contribution in [0.3, 0.4) is 0 Å². The van der Waals surface area contributed by atoms with E-state index in [1.807, 2.05) is 0 Å². The summed E-state index contributed by atoms with van der Waals surface area (Å²) < 4.78 is 70.0. The van der Waals surface area contributed by atoms with Crippen molar-refractivity contribution in [2.75, 3.05) is 26.9 Å². The Bertz CT molecular complexity index is 1390. The number of aliphatic imine (C=N–C) groups is 1. The first-order valence-electron chi connectivity index (χ1n) is 12.1. The van der Waals surface area contributed by atoms with Crippen molar-refractivity contribution in [3.8, 4) is 0 Å². The number of piperidine rings is 1. The fraction of sp³-hybridized carbons (Fsp3) is 0.440. The van der Waals surface area contributed by atoms with Gasteiger partial charge in [0, 0.05) is 41.3 Å².